The molecule has 0 bridgehead atoms. The van der Waals surface area contributed by atoms with Crippen molar-refractivity contribution in [2.45, 2.75) is 51.3 Å². The maximum absolute atomic E-state index is 14.3. The van der Waals surface area contributed by atoms with Gasteiger partial charge in [-0.15, -0.1) is 0 Å². The van der Waals surface area contributed by atoms with Crippen LogP contribution in [0.1, 0.15) is 32.3 Å². The fourth-order valence-corrected chi connectivity index (χ4v) is 4.88. The Labute approximate surface area is 187 Å². The zero-order valence-corrected chi connectivity index (χ0v) is 19.2. The van der Waals surface area contributed by atoms with Gasteiger partial charge in [0.1, 0.15) is 0 Å². The van der Waals surface area contributed by atoms with Crippen LogP contribution in [0.15, 0.2) is 42.5 Å². The van der Waals surface area contributed by atoms with Gasteiger partial charge in [-0.05, 0) is 50.3 Å². The van der Waals surface area contributed by atoms with Crippen molar-refractivity contribution in [3.8, 4) is 11.1 Å². The first-order valence-electron chi connectivity index (χ1n) is 10.5. The van der Waals surface area contributed by atoms with Crippen molar-refractivity contribution in [2.24, 2.45) is 0 Å². The average molecular weight is 467 g/mol. The van der Waals surface area contributed by atoms with Crippen LogP contribution < -0.4 is 4.72 Å². The predicted molar refractivity (Wildman–Crippen MR) is 119 cm³/mol. The minimum atomic E-state index is -3.50. The second-order valence-electron chi connectivity index (χ2n) is 8.34. The topological polar surface area (TPSA) is 75.7 Å². The monoisotopic (exact) mass is 466 g/mol. The highest BCUT2D eigenvalue weighted by Gasteiger charge is 2.37. The molecule has 2 unspecified atom stereocenters. The van der Waals surface area contributed by atoms with E-state index in [1.807, 2.05) is 6.07 Å². The highest BCUT2D eigenvalue weighted by atomic mass is 32.2. The molecule has 3 rings (SSSR count). The van der Waals surface area contributed by atoms with Crippen molar-refractivity contribution in [3.05, 3.63) is 59.7 Å². The third kappa shape index (κ3) is 6.04. The van der Waals surface area contributed by atoms with Crippen LogP contribution in [-0.2, 0) is 21.2 Å². The molecule has 1 saturated heterocycles. The Bertz CT molecular complexity index is 1080. The lowest BCUT2D eigenvalue weighted by Gasteiger charge is -2.41. The number of hydrogen-bond donors (Lipinski definition) is 1. The van der Waals surface area contributed by atoms with Gasteiger partial charge in [-0.1, -0.05) is 36.4 Å². The fraction of sp³-hybridized carbons (Fsp3) is 0.435. The molecule has 0 saturated carbocycles. The van der Waals surface area contributed by atoms with Crippen LogP contribution >= 0.6 is 0 Å². The van der Waals surface area contributed by atoms with Crippen molar-refractivity contribution < 1.29 is 26.7 Å². The molecule has 0 radical (unpaired) electrons. The molecule has 1 heterocycles. The molecule has 2 atom stereocenters. The SMILES string of the molecule is CC(C)OC(=O)N1CCCC(NS(C)(=O)=O)C1Cc1cccc(-c2cccc(F)c2F)c1. The summed E-state index contributed by atoms with van der Waals surface area (Å²) in [5, 5.41) is 0. The second-order valence-corrected chi connectivity index (χ2v) is 10.1. The van der Waals surface area contributed by atoms with Gasteiger partial charge in [0.2, 0.25) is 10.0 Å². The molecule has 2 aromatic carbocycles. The lowest BCUT2D eigenvalue weighted by Crippen LogP contribution is -2.58. The summed E-state index contributed by atoms with van der Waals surface area (Å²) in [5.74, 6) is -1.86. The molecule has 0 spiro atoms. The molecule has 32 heavy (non-hydrogen) atoms. The van der Waals surface area contributed by atoms with Gasteiger partial charge in [0.05, 0.1) is 18.4 Å². The van der Waals surface area contributed by atoms with Gasteiger partial charge < -0.3 is 9.64 Å². The standard InChI is InChI=1S/C23H28F2N2O4S/c1-15(2)31-23(28)27-12-6-11-20(26-32(3,29)30)21(27)14-16-7-4-8-17(13-16)18-9-5-10-19(24)22(18)25/h4-5,7-10,13,15,20-21,26H,6,11-12,14H2,1-3H3. The molecule has 1 fully saturated rings. The lowest BCUT2D eigenvalue weighted by molar-refractivity contribution is 0.0461. The molecule has 1 N–H and O–H groups in total. The number of nitrogens with one attached hydrogen (secondary N) is 1. The zero-order chi connectivity index (χ0) is 23.5. The summed E-state index contributed by atoms with van der Waals surface area (Å²) in [4.78, 5) is 14.3. The number of piperidine rings is 1. The Morgan fingerprint density at radius 2 is 1.94 bits per heavy atom. The van der Waals surface area contributed by atoms with Crippen LogP contribution in [0.2, 0.25) is 0 Å². The normalized spacial score (nSPS) is 19.2. The Morgan fingerprint density at radius 1 is 1.22 bits per heavy atom. The summed E-state index contributed by atoms with van der Waals surface area (Å²) < 4.78 is 59.9. The van der Waals surface area contributed by atoms with Crippen molar-refractivity contribution >= 4 is 16.1 Å². The van der Waals surface area contributed by atoms with E-state index in [-0.39, 0.29) is 11.7 Å². The van der Waals surface area contributed by atoms with Crippen LogP contribution in [0.3, 0.4) is 0 Å². The van der Waals surface area contributed by atoms with Gasteiger partial charge in [0.25, 0.3) is 0 Å². The molecule has 1 amide bonds. The number of rotatable bonds is 6. The lowest BCUT2D eigenvalue weighted by atomic mass is 9.90. The highest BCUT2D eigenvalue weighted by Crippen LogP contribution is 2.28. The second kappa shape index (κ2) is 9.95. The summed E-state index contributed by atoms with van der Waals surface area (Å²) in [5.41, 5.74) is 1.40. The number of carbonyl (C=O) groups excluding carboxylic acids is 1. The Balaban J connectivity index is 1.93. The van der Waals surface area contributed by atoms with E-state index >= 15 is 0 Å². The van der Waals surface area contributed by atoms with Gasteiger partial charge in [0.15, 0.2) is 11.6 Å². The first kappa shape index (κ1) is 24.1. The van der Waals surface area contributed by atoms with Crippen molar-refractivity contribution in [1.29, 1.82) is 0 Å². The molecular weight excluding hydrogens is 438 g/mol. The summed E-state index contributed by atoms with van der Waals surface area (Å²) in [7, 11) is -3.50. The quantitative estimate of drug-likeness (QED) is 0.696. The first-order valence-corrected chi connectivity index (χ1v) is 12.4. The van der Waals surface area contributed by atoms with E-state index in [0.717, 1.165) is 17.9 Å². The third-order valence-corrected chi connectivity index (χ3v) is 6.08. The first-order chi connectivity index (χ1) is 15.0. The maximum Gasteiger partial charge on any atom is 0.410 e. The number of hydrogen-bond acceptors (Lipinski definition) is 4. The molecule has 2 aromatic rings. The average Bonchev–Trinajstić information content (AvgIpc) is 2.70. The van der Waals surface area contributed by atoms with E-state index in [2.05, 4.69) is 4.72 Å². The Hall–Kier alpha value is -2.52. The number of benzene rings is 2. The smallest absolute Gasteiger partial charge is 0.410 e. The number of halogens is 2. The predicted octanol–water partition coefficient (Wildman–Crippen LogP) is 4.10. The molecule has 6 nitrogen and oxygen atoms in total. The molecule has 0 aliphatic carbocycles. The van der Waals surface area contributed by atoms with Crippen LogP contribution in [0.5, 0.6) is 0 Å². The molecule has 174 valence electrons. The highest BCUT2D eigenvalue weighted by molar-refractivity contribution is 7.88. The largest absolute Gasteiger partial charge is 0.447 e. The van der Waals surface area contributed by atoms with Gasteiger partial charge in [-0.2, -0.15) is 0 Å². The number of sulfonamides is 1. The minimum Gasteiger partial charge on any atom is -0.447 e. The molecule has 1 aliphatic rings. The van der Waals surface area contributed by atoms with Gasteiger partial charge in [-0.3, -0.25) is 0 Å². The van der Waals surface area contributed by atoms with Gasteiger partial charge >= 0.3 is 6.09 Å². The maximum atomic E-state index is 14.3. The van der Waals surface area contributed by atoms with E-state index < -0.39 is 39.8 Å². The van der Waals surface area contributed by atoms with E-state index in [1.165, 1.54) is 12.1 Å². The van der Waals surface area contributed by atoms with Gasteiger partial charge in [0, 0.05) is 18.2 Å². The molecule has 0 aromatic heterocycles. The van der Waals surface area contributed by atoms with Crippen molar-refractivity contribution in [3.63, 3.8) is 0 Å². The van der Waals surface area contributed by atoms with Crippen LogP contribution in [0, 0.1) is 11.6 Å². The summed E-state index contributed by atoms with van der Waals surface area (Å²) in [6.07, 6.45) is 1.80. The minimum absolute atomic E-state index is 0.136. The number of likely N-dealkylation sites (tertiary alicyclic amines) is 1. The Morgan fingerprint density at radius 3 is 2.62 bits per heavy atom. The Kier molecular flexibility index (Phi) is 7.51. The van der Waals surface area contributed by atoms with Crippen LogP contribution in [0.4, 0.5) is 13.6 Å². The summed E-state index contributed by atoms with van der Waals surface area (Å²) >= 11 is 0. The van der Waals surface area contributed by atoms with E-state index in [4.69, 9.17) is 4.74 Å². The molecular formula is C23H28F2N2O4S. The number of ether oxygens (including phenoxy) is 1. The van der Waals surface area contributed by atoms with Crippen molar-refractivity contribution in [2.75, 3.05) is 12.8 Å². The van der Waals surface area contributed by atoms with Crippen LogP contribution in [-0.4, -0.2) is 50.4 Å². The zero-order valence-electron chi connectivity index (χ0n) is 18.3. The van der Waals surface area contributed by atoms with Crippen LogP contribution in [0.25, 0.3) is 11.1 Å². The van der Waals surface area contributed by atoms with E-state index in [1.54, 1.807) is 36.9 Å². The summed E-state index contributed by atoms with van der Waals surface area (Å²) in [6, 6.07) is 9.98. The molecule has 9 heteroatoms. The fourth-order valence-electron chi connectivity index (χ4n) is 4.05. The number of nitrogens with zero attached hydrogens (tertiary/aromatic N) is 1. The molecule has 1 aliphatic heterocycles. The van der Waals surface area contributed by atoms with Gasteiger partial charge in [-0.25, -0.2) is 26.7 Å². The number of amides is 1. The van der Waals surface area contributed by atoms with E-state index in [0.29, 0.717) is 31.4 Å². The van der Waals surface area contributed by atoms with Crippen molar-refractivity contribution in [1.82, 2.24) is 9.62 Å². The summed E-state index contributed by atoms with van der Waals surface area (Å²) in [6.45, 7) is 3.94. The number of carbonyl (C=O) groups is 1. The van der Waals surface area contributed by atoms with E-state index in [9.17, 15) is 22.0 Å². The third-order valence-electron chi connectivity index (χ3n) is 5.35.